The Morgan fingerprint density at radius 2 is 2.31 bits per heavy atom. The summed E-state index contributed by atoms with van der Waals surface area (Å²) in [7, 11) is 0. The summed E-state index contributed by atoms with van der Waals surface area (Å²) in [5, 5.41) is 14.7. The highest BCUT2D eigenvalue weighted by Gasteiger charge is 2.28. The van der Waals surface area contributed by atoms with Gasteiger partial charge in [-0.1, -0.05) is 0 Å². The third kappa shape index (κ3) is 1.79. The van der Waals surface area contributed by atoms with Crippen LogP contribution >= 0.6 is 0 Å². The number of nitrogens with one attached hydrogen (secondary N) is 1. The van der Waals surface area contributed by atoms with Gasteiger partial charge in [-0.2, -0.15) is 5.10 Å². The van der Waals surface area contributed by atoms with E-state index in [1.165, 1.54) is 17.1 Å². The van der Waals surface area contributed by atoms with E-state index in [1.807, 2.05) is 0 Å². The molecule has 1 saturated heterocycles. The molecule has 0 spiro atoms. The second-order valence-electron chi connectivity index (χ2n) is 3.48. The summed E-state index contributed by atoms with van der Waals surface area (Å²) < 4.78 is 1.27. The fourth-order valence-corrected chi connectivity index (χ4v) is 1.55. The minimum absolute atomic E-state index is 0.0182. The van der Waals surface area contributed by atoms with E-state index < -0.39 is 17.9 Å². The van der Waals surface area contributed by atoms with Crippen LogP contribution in [0, 0.1) is 0 Å². The molecule has 2 amide bonds. The van der Waals surface area contributed by atoms with Gasteiger partial charge in [0, 0.05) is 12.6 Å². The van der Waals surface area contributed by atoms with Gasteiger partial charge >= 0.3 is 5.97 Å². The van der Waals surface area contributed by atoms with Crippen molar-refractivity contribution in [3.05, 3.63) is 18.0 Å². The van der Waals surface area contributed by atoms with Crippen LogP contribution in [0.5, 0.6) is 0 Å². The highest BCUT2D eigenvalue weighted by molar-refractivity contribution is 5.99. The standard InChI is InChI=1S/C9H9N3O4/c13-7-2-1-6(8(14)11-7)12-4-5(3-10-12)9(15)16/h3-4,6H,1-2H2,(H,15,16)(H,11,13,14). The lowest BCUT2D eigenvalue weighted by Gasteiger charge is -2.20. The molecule has 1 aliphatic heterocycles. The Balaban J connectivity index is 2.20. The predicted octanol–water partition coefficient (Wildman–Crippen LogP) is -0.441. The first-order valence-corrected chi connectivity index (χ1v) is 4.69. The van der Waals surface area contributed by atoms with E-state index >= 15 is 0 Å². The van der Waals surface area contributed by atoms with E-state index in [4.69, 9.17) is 5.11 Å². The number of aromatic carboxylic acids is 1. The van der Waals surface area contributed by atoms with Gasteiger partial charge in [0.05, 0.1) is 11.8 Å². The first-order chi connectivity index (χ1) is 7.58. The zero-order valence-electron chi connectivity index (χ0n) is 8.21. The maximum atomic E-state index is 11.4. The molecular weight excluding hydrogens is 214 g/mol. The highest BCUT2D eigenvalue weighted by atomic mass is 16.4. The number of hydrogen-bond acceptors (Lipinski definition) is 4. The molecule has 16 heavy (non-hydrogen) atoms. The van der Waals surface area contributed by atoms with Crippen LogP contribution in [0.3, 0.4) is 0 Å². The van der Waals surface area contributed by atoms with Gasteiger partial charge in [-0.05, 0) is 6.42 Å². The molecule has 0 bridgehead atoms. The molecule has 0 aromatic carbocycles. The van der Waals surface area contributed by atoms with E-state index in [9.17, 15) is 14.4 Å². The van der Waals surface area contributed by atoms with Crippen LogP contribution in [0.2, 0.25) is 0 Å². The Morgan fingerprint density at radius 1 is 1.56 bits per heavy atom. The van der Waals surface area contributed by atoms with Crippen LogP contribution in [0.4, 0.5) is 0 Å². The van der Waals surface area contributed by atoms with Crippen LogP contribution in [-0.4, -0.2) is 32.7 Å². The van der Waals surface area contributed by atoms with Gasteiger partial charge in [0.25, 0.3) is 5.91 Å². The van der Waals surface area contributed by atoms with Crippen molar-refractivity contribution in [2.45, 2.75) is 18.9 Å². The van der Waals surface area contributed by atoms with Crippen molar-refractivity contribution in [2.24, 2.45) is 0 Å². The second kappa shape index (κ2) is 3.76. The van der Waals surface area contributed by atoms with Crippen LogP contribution < -0.4 is 5.32 Å². The molecule has 1 aromatic heterocycles. The lowest BCUT2D eigenvalue weighted by atomic mass is 10.1. The average Bonchev–Trinajstić information content (AvgIpc) is 2.66. The molecule has 2 heterocycles. The molecule has 1 aliphatic rings. The van der Waals surface area contributed by atoms with Gasteiger partial charge in [-0.25, -0.2) is 4.79 Å². The quantitative estimate of drug-likeness (QED) is 0.662. The minimum atomic E-state index is -1.10. The summed E-state index contributed by atoms with van der Waals surface area (Å²) in [5.41, 5.74) is 0.0182. The number of piperidine rings is 1. The molecule has 7 heteroatoms. The van der Waals surface area contributed by atoms with Crippen LogP contribution in [-0.2, 0) is 9.59 Å². The molecule has 0 saturated carbocycles. The van der Waals surface area contributed by atoms with Gasteiger partial charge < -0.3 is 5.11 Å². The molecule has 7 nitrogen and oxygen atoms in total. The van der Waals surface area contributed by atoms with Crippen LogP contribution in [0.1, 0.15) is 29.2 Å². The summed E-state index contributed by atoms with van der Waals surface area (Å²) in [6.07, 6.45) is 3.03. The summed E-state index contributed by atoms with van der Waals surface area (Å²) in [6, 6.07) is -0.606. The zero-order chi connectivity index (χ0) is 11.7. The van der Waals surface area contributed by atoms with E-state index in [1.54, 1.807) is 0 Å². The summed E-state index contributed by atoms with van der Waals surface area (Å²) >= 11 is 0. The van der Waals surface area contributed by atoms with Crippen molar-refractivity contribution in [3.8, 4) is 0 Å². The molecular formula is C9H9N3O4. The van der Waals surface area contributed by atoms with E-state index in [0.29, 0.717) is 6.42 Å². The largest absolute Gasteiger partial charge is 0.478 e. The first kappa shape index (κ1) is 10.3. The Kier molecular flexibility index (Phi) is 2.43. The average molecular weight is 223 g/mol. The van der Waals surface area contributed by atoms with Crippen molar-refractivity contribution >= 4 is 17.8 Å². The molecule has 1 unspecified atom stereocenters. The molecule has 0 aliphatic carbocycles. The maximum absolute atomic E-state index is 11.4. The van der Waals surface area contributed by atoms with Crippen LogP contribution in [0.25, 0.3) is 0 Å². The number of amides is 2. The zero-order valence-corrected chi connectivity index (χ0v) is 8.21. The number of carbonyl (C=O) groups is 3. The third-order valence-corrected chi connectivity index (χ3v) is 2.38. The van der Waals surface area contributed by atoms with Gasteiger partial charge in [-0.15, -0.1) is 0 Å². The number of imide groups is 1. The highest BCUT2D eigenvalue weighted by Crippen LogP contribution is 2.17. The van der Waals surface area contributed by atoms with Crippen LogP contribution in [0.15, 0.2) is 12.4 Å². The smallest absolute Gasteiger partial charge is 0.338 e. The number of carbonyl (C=O) groups excluding carboxylic acids is 2. The monoisotopic (exact) mass is 223 g/mol. The fraction of sp³-hybridized carbons (Fsp3) is 0.333. The van der Waals surface area contributed by atoms with Crippen molar-refractivity contribution in [1.29, 1.82) is 0 Å². The third-order valence-electron chi connectivity index (χ3n) is 2.38. The molecule has 0 radical (unpaired) electrons. The fourth-order valence-electron chi connectivity index (χ4n) is 1.55. The number of rotatable bonds is 2. The summed E-state index contributed by atoms with van der Waals surface area (Å²) in [4.78, 5) is 33.0. The first-order valence-electron chi connectivity index (χ1n) is 4.69. The molecule has 1 fully saturated rings. The number of aromatic nitrogens is 2. The Morgan fingerprint density at radius 3 is 2.88 bits per heavy atom. The topological polar surface area (TPSA) is 101 Å². The van der Waals surface area contributed by atoms with Gasteiger partial charge in [0.1, 0.15) is 6.04 Å². The predicted molar refractivity (Wildman–Crippen MR) is 50.6 cm³/mol. The molecule has 2 rings (SSSR count). The lowest BCUT2D eigenvalue weighted by Crippen LogP contribution is -2.41. The van der Waals surface area contributed by atoms with E-state index in [0.717, 1.165) is 0 Å². The number of carboxylic acid groups (broad SMARTS) is 1. The lowest BCUT2D eigenvalue weighted by molar-refractivity contribution is -0.135. The number of hydrogen-bond donors (Lipinski definition) is 2. The summed E-state index contributed by atoms with van der Waals surface area (Å²) in [5.74, 6) is -1.86. The van der Waals surface area contributed by atoms with Crippen molar-refractivity contribution in [3.63, 3.8) is 0 Å². The van der Waals surface area contributed by atoms with E-state index in [-0.39, 0.29) is 17.9 Å². The Labute approximate surface area is 90.1 Å². The number of carboxylic acids is 1. The minimum Gasteiger partial charge on any atom is -0.478 e. The molecule has 1 aromatic rings. The molecule has 1 atom stereocenters. The number of nitrogens with zero attached hydrogens (tertiary/aromatic N) is 2. The molecule has 2 N–H and O–H groups in total. The van der Waals surface area contributed by atoms with Gasteiger partial charge in [0.15, 0.2) is 0 Å². The maximum Gasteiger partial charge on any atom is 0.338 e. The second-order valence-corrected chi connectivity index (χ2v) is 3.48. The SMILES string of the molecule is O=C1CCC(n2cc(C(=O)O)cn2)C(=O)N1. The van der Waals surface area contributed by atoms with Crippen molar-refractivity contribution < 1.29 is 19.5 Å². The van der Waals surface area contributed by atoms with Crippen molar-refractivity contribution in [2.75, 3.05) is 0 Å². The van der Waals surface area contributed by atoms with Crippen molar-refractivity contribution in [1.82, 2.24) is 15.1 Å². The normalized spacial score (nSPS) is 20.6. The van der Waals surface area contributed by atoms with E-state index in [2.05, 4.69) is 10.4 Å². The summed E-state index contributed by atoms with van der Waals surface area (Å²) in [6.45, 7) is 0. The van der Waals surface area contributed by atoms with Gasteiger partial charge in [0.2, 0.25) is 5.91 Å². The Hall–Kier alpha value is -2.18. The molecule has 84 valence electrons. The Bertz CT molecular complexity index is 465. The van der Waals surface area contributed by atoms with Gasteiger partial charge in [-0.3, -0.25) is 19.6 Å².